The van der Waals surface area contributed by atoms with Crippen LogP contribution in [0.2, 0.25) is 0 Å². The highest BCUT2D eigenvalue weighted by molar-refractivity contribution is 5.62. The summed E-state index contributed by atoms with van der Waals surface area (Å²) in [5.41, 5.74) is 4.69. The average Bonchev–Trinajstić information content (AvgIpc) is 3.07. The monoisotopic (exact) mass is 278 g/mol. The Morgan fingerprint density at radius 3 is 2.57 bits per heavy atom. The van der Waals surface area contributed by atoms with Crippen molar-refractivity contribution >= 4 is 0 Å². The lowest BCUT2D eigenvalue weighted by Gasteiger charge is -2.14. The third-order valence-corrected chi connectivity index (χ3v) is 3.56. The van der Waals surface area contributed by atoms with Crippen molar-refractivity contribution in [1.82, 2.24) is 20.5 Å². The first-order valence-corrected chi connectivity index (χ1v) is 7.05. The molecule has 2 aromatic heterocycles. The summed E-state index contributed by atoms with van der Waals surface area (Å²) in [6.07, 6.45) is 5.44. The van der Waals surface area contributed by atoms with Gasteiger partial charge < -0.3 is 5.32 Å². The lowest BCUT2D eigenvalue weighted by atomic mass is 10.0. The standard InChI is InChI=1S/C17H18N4/c1-13(19-12-17-8-10-20-21-17)14-4-6-15(7-5-14)16-3-2-9-18-11-16/h2-11,13,19H,12H2,1H3,(H,20,21). The van der Waals surface area contributed by atoms with Gasteiger partial charge in [0.25, 0.3) is 0 Å². The molecular weight excluding hydrogens is 260 g/mol. The molecule has 106 valence electrons. The number of aromatic nitrogens is 3. The van der Waals surface area contributed by atoms with Gasteiger partial charge in [-0.1, -0.05) is 30.3 Å². The summed E-state index contributed by atoms with van der Waals surface area (Å²) in [6.45, 7) is 2.95. The van der Waals surface area contributed by atoms with Crippen molar-refractivity contribution in [3.63, 3.8) is 0 Å². The Morgan fingerprint density at radius 1 is 1.05 bits per heavy atom. The largest absolute Gasteiger partial charge is 0.305 e. The molecule has 0 aliphatic carbocycles. The zero-order chi connectivity index (χ0) is 14.5. The minimum absolute atomic E-state index is 0.288. The van der Waals surface area contributed by atoms with E-state index in [0.717, 1.165) is 17.8 Å². The summed E-state index contributed by atoms with van der Waals surface area (Å²) in [7, 11) is 0. The number of hydrogen-bond donors (Lipinski definition) is 2. The van der Waals surface area contributed by atoms with Crippen LogP contribution in [0, 0.1) is 0 Å². The molecule has 0 saturated heterocycles. The fraction of sp³-hybridized carbons (Fsp3) is 0.176. The van der Waals surface area contributed by atoms with Crippen LogP contribution < -0.4 is 5.32 Å². The number of rotatable bonds is 5. The maximum absolute atomic E-state index is 4.15. The van der Waals surface area contributed by atoms with Gasteiger partial charge in [0.2, 0.25) is 0 Å². The molecule has 3 rings (SSSR count). The maximum atomic E-state index is 4.15. The average molecular weight is 278 g/mol. The van der Waals surface area contributed by atoms with Crippen LogP contribution >= 0.6 is 0 Å². The van der Waals surface area contributed by atoms with Gasteiger partial charge in [-0.3, -0.25) is 10.1 Å². The Morgan fingerprint density at radius 2 is 1.90 bits per heavy atom. The van der Waals surface area contributed by atoms with E-state index in [-0.39, 0.29) is 6.04 Å². The molecule has 21 heavy (non-hydrogen) atoms. The highest BCUT2D eigenvalue weighted by Crippen LogP contribution is 2.21. The number of nitrogens with one attached hydrogen (secondary N) is 2. The van der Waals surface area contributed by atoms with Crippen LogP contribution in [0.4, 0.5) is 0 Å². The number of benzene rings is 1. The van der Waals surface area contributed by atoms with E-state index >= 15 is 0 Å². The predicted octanol–water partition coefficient (Wildman–Crippen LogP) is 3.32. The quantitative estimate of drug-likeness (QED) is 0.752. The van der Waals surface area contributed by atoms with Crippen molar-refractivity contribution in [1.29, 1.82) is 0 Å². The lowest BCUT2D eigenvalue weighted by Crippen LogP contribution is -2.18. The molecule has 2 heterocycles. The van der Waals surface area contributed by atoms with Crippen molar-refractivity contribution in [2.75, 3.05) is 0 Å². The summed E-state index contributed by atoms with van der Waals surface area (Å²) in [4.78, 5) is 4.15. The maximum Gasteiger partial charge on any atom is 0.0490 e. The first kappa shape index (κ1) is 13.5. The second kappa shape index (κ2) is 6.33. The van der Waals surface area contributed by atoms with Crippen molar-refractivity contribution in [3.8, 4) is 11.1 Å². The van der Waals surface area contributed by atoms with Crippen LogP contribution in [0.1, 0.15) is 24.2 Å². The van der Waals surface area contributed by atoms with Gasteiger partial charge in [0, 0.05) is 36.9 Å². The van der Waals surface area contributed by atoms with E-state index in [1.165, 1.54) is 11.1 Å². The molecule has 1 atom stereocenters. The fourth-order valence-corrected chi connectivity index (χ4v) is 2.26. The van der Waals surface area contributed by atoms with Gasteiger partial charge in [-0.05, 0) is 35.7 Å². The van der Waals surface area contributed by atoms with Gasteiger partial charge in [-0.25, -0.2) is 0 Å². The molecule has 4 heteroatoms. The Kier molecular flexibility index (Phi) is 4.07. The number of pyridine rings is 1. The fourth-order valence-electron chi connectivity index (χ4n) is 2.26. The van der Waals surface area contributed by atoms with Gasteiger partial charge in [-0.15, -0.1) is 0 Å². The molecule has 0 bridgehead atoms. The molecule has 1 aromatic carbocycles. The second-order valence-corrected chi connectivity index (χ2v) is 5.05. The summed E-state index contributed by atoms with van der Waals surface area (Å²) < 4.78 is 0. The first-order chi connectivity index (χ1) is 10.3. The van der Waals surface area contributed by atoms with Crippen LogP contribution in [0.25, 0.3) is 11.1 Å². The van der Waals surface area contributed by atoms with Gasteiger partial charge in [-0.2, -0.15) is 5.10 Å². The third kappa shape index (κ3) is 3.35. The molecule has 1 unspecified atom stereocenters. The molecule has 0 aliphatic heterocycles. The Bertz CT molecular complexity index is 660. The van der Waals surface area contributed by atoms with Crippen LogP contribution in [0.5, 0.6) is 0 Å². The molecule has 2 N–H and O–H groups in total. The molecule has 3 aromatic rings. The predicted molar refractivity (Wildman–Crippen MR) is 83.5 cm³/mol. The van der Waals surface area contributed by atoms with Crippen LogP contribution in [-0.4, -0.2) is 15.2 Å². The van der Waals surface area contributed by atoms with E-state index in [1.54, 1.807) is 12.4 Å². The topological polar surface area (TPSA) is 53.6 Å². The van der Waals surface area contributed by atoms with E-state index in [1.807, 2.05) is 18.3 Å². The Balaban J connectivity index is 1.66. The smallest absolute Gasteiger partial charge is 0.0490 e. The van der Waals surface area contributed by atoms with E-state index in [9.17, 15) is 0 Å². The van der Waals surface area contributed by atoms with Gasteiger partial charge in [0.1, 0.15) is 0 Å². The minimum Gasteiger partial charge on any atom is -0.305 e. The summed E-state index contributed by atoms with van der Waals surface area (Å²) >= 11 is 0. The molecule has 0 fully saturated rings. The van der Waals surface area contributed by atoms with Crippen molar-refractivity contribution in [2.24, 2.45) is 0 Å². The summed E-state index contributed by atoms with van der Waals surface area (Å²) in [5, 5.41) is 10.4. The van der Waals surface area contributed by atoms with Gasteiger partial charge >= 0.3 is 0 Å². The highest BCUT2D eigenvalue weighted by Gasteiger charge is 2.06. The van der Waals surface area contributed by atoms with Crippen molar-refractivity contribution < 1.29 is 0 Å². The molecule has 0 radical (unpaired) electrons. The SMILES string of the molecule is CC(NCc1ccn[nH]1)c1ccc(-c2cccnc2)cc1. The molecule has 0 spiro atoms. The molecule has 4 nitrogen and oxygen atoms in total. The molecular formula is C17H18N4. The summed E-state index contributed by atoms with van der Waals surface area (Å²) in [5.74, 6) is 0. The number of hydrogen-bond acceptors (Lipinski definition) is 3. The minimum atomic E-state index is 0.288. The van der Waals surface area contributed by atoms with Crippen molar-refractivity contribution in [3.05, 3.63) is 72.3 Å². The molecule has 0 amide bonds. The number of nitrogens with zero attached hydrogens (tertiary/aromatic N) is 2. The number of H-pyrrole nitrogens is 1. The van der Waals surface area contributed by atoms with Gasteiger partial charge in [0.05, 0.1) is 0 Å². The van der Waals surface area contributed by atoms with E-state index in [4.69, 9.17) is 0 Å². The zero-order valence-electron chi connectivity index (χ0n) is 12.0. The molecule has 0 saturated carbocycles. The normalized spacial score (nSPS) is 12.2. The molecule has 0 aliphatic rings. The van der Waals surface area contributed by atoms with Crippen molar-refractivity contribution in [2.45, 2.75) is 19.5 Å². The second-order valence-electron chi connectivity index (χ2n) is 5.05. The highest BCUT2D eigenvalue weighted by atomic mass is 15.1. The van der Waals surface area contributed by atoms with Crippen LogP contribution in [0.15, 0.2) is 61.1 Å². The van der Waals surface area contributed by atoms with E-state index in [2.05, 4.69) is 57.8 Å². The first-order valence-electron chi connectivity index (χ1n) is 7.05. The van der Waals surface area contributed by atoms with E-state index < -0.39 is 0 Å². The third-order valence-electron chi connectivity index (χ3n) is 3.56. The number of aromatic amines is 1. The summed E-state index contributed by atoms with van der Waals surface area (Å²) in [6, 6.07) is 14.9. The Hall–Kier alpha value is -2.46. The lowest BCUT2D eigenvalue weighted by molar-refractivity contribution is 0.567. The van der Waals surface area contributed by atoms with Crippen LogP contribution in [0.3, 0.4) is 0 Å². The zero-order valence-corrected chi connectivity index (χ0v) is 12.0. The Labute approximate surface area is 124 Å². The van der Waals surface area contributed by atoms with Crippen LogP contribution in [-0.2, 0) is 6.54 Å². The van der Waals surface area contributed by atoms with E-state index in [0.29, 0.717) is 0 Å². The van der Waals surface area contributed by atoms with Gasteiger partial charge in [0.15, 0.2) is 0 Å².